The normalized spacial score (nSPS) is 14.8. The monoisotopic (exact) mass is 369 g/mol. The van der Waals surface area contributed by atoms with Gasteiger partial charge in [-0.3, -0.25) is 19.8 Å². The molecule has 0 spiro atoms. The molecule has 1 fully saturated rings. The van der Waals surface area contributed by atoms with E-state index in [0.717, 1.165) is 19.6 Å². The van der Waals surface area contributed by atoms with E-state index in [2.05, 4.69) is 36.1 Å². The first-order valence-corrected chi connectivity index (χ1v) is 8.87. The molecule has 0 aromatic heterocycles. The number of methoxy groups -OCH3 is 1. The Morgan fingerprint density at radius 2 is 1.89 bits per heavy atom. The standard InChI is InChI=1S/C20H23N3O4/c1-15-4-3-5-16(12-15)14-21-8-10-22(11-9-21)20(24)18-13-17(23(25)26)6-7-19(18)27-2/h3-7,12-13H,8-11,14H2,1-2H3. The molecule has 3 rings (SSSR count). The van der Waals surface area contributed by atoms with Gasteiger partial charge in [0.05, 0.1) is 17.6 Å². The predicted octanol–water partition coefficient (Wildman–Crippen LogP) is 2.87. The fourth-order valence-corrected chi connectivity index (χ4v) is 3.32. The van der Waals surface area contributed by atoms with Gasteiger partial charge < -0.3 is 9.64 Å². The van der Waals surface area contributed by atoms with Crippen molar-refractivity contribution in [3.8, 4) is 5.75 Å². The topological polar surface area (TPSA) is 75.9 Å². The number of ether oxygens (including phenoxy) is 1. The number of benzene rings is 2. The van der Waals surface area contributed by atoms with Crippen molar-refractivity contribution in [2.24, 2.45) is 0 Å². The lowest BCUT2D eigenvalue weighted by Crippen LogP contribution is -2.48. The Kier molecular flexibility index (Phi) is 5.71. The zero-order chi connectivity index (χ0) is 19.4. The van der Waals surface area contributed by atoms with Crippen molar-refractivity contribution < 1.29 is 14.5 Å². The molecule has 0 saturated carbocycles. The van der Waals surface area contributed by atoms with E-state index in [0.29, 0.717) is 18.8 Å². The van der Waals surface area contributed by atoms with Gasteiger partial charge in [0, 0.05) is 44.9 Å². The Bertz CT molecular complexity index is 845. The van der Waals surface area contributed by atoms with Crippen LogP contribution in [0.5, 0.6) is 5.75 Å². The fourth-order valence-electron chi connectivity index (χ4n) is 3.32. The van der Waals surface area contributed by atoms with Crippen LogP contribution in [0.1, 0.15) is 21.5 Å². The highest BCUT2D eigenvalue weighted by atomic mass is 16.6. The number of aryl methyl sites for hydroxylation is 1. The molecule has 1 aliphatic rings. The summed E-state index contributed by atoms with van der Waals surface area (Å²) in [7, 11) is 1.46. The van der Waals surface area contributed by atoms with Crippen LogP contribution in [0.25, 0.3) is 0 Å². The molecule has 0 radical (unpaired) electrons. The maximum atomic E-state index is 12.9. The van der Waals surface area contributed by atoms with Crippen LogP contribution < -0.4 is 4.74 Å². The summed E-state index contributed by atoms with van der Waals surface area (Å²) in [5.41, 5.74) is 2.62. The first kappa shape index (κ1) is 18.8. The fraction of sp³-hybridized carbons (Fsp3) is 0.350. The number of nitro benzene ring substituents is 1. The van der Waals surface area contributed by atoms with Crippen LogP contribution in [-0.4, -0.2) is 53.9 Å². The summed E-state index contributed by atoms with van der Waals surface area (Å²) in [4.78, 5) is 27.4. The number of piperazine rings is 1. The smallest absolute Gasteiger partial charge is 0.270 e. The first-order chi connectivity index (χ1) is 13.0. The zero-order valence-corrected chi connectivity index (χ0v) is 15.6. The largest absolute Gasteiger partial charge is 0.496 e. The molecule has 142 valence electrons. The number of hydrogen-bond donors (Lipinski definition) is 0. The van der Waals surface area contributed by atoms with Gasteiger partial charge in [-0.25, -0.2) is 0 Å². The third-order valence-electron chi connectivity index (χ3n) is 4.77. The van der Waals surface area contributed by atoms with Crippen LogP contribution in [0.4, 0.5) is 5.69 Å². The zero-order valence-electron chi connectivity index (χ0n) is 15.6. The number of carbonyl (C=O) groups excluding carboxylic acids is 1. The Balaban J connectivity index is 1.66. The summed E-state index contributed by atoms with van der Waals surface area (Å²) in [6.07, 6.45) is 0. The average molecular weight is 369 g/mol. The van der Waals surface area contributed by atoms with Crippen molar-refractivity contribution >= 4 is 11.6 Å². The van der Waals surface area contributed by atoms with Crippen molar-refractivity contribution in [3.05, 3.63) is 69.3 Å². The molecule has 7 heteroatoms. The van der Waals surface area contributed by atoms with E-state index in [1.807, 2.05) is 0 Å². The molecule has 1 saturated heterocycles. The van der Waals surface area contributed by atoms with Gasteiger partial charge >= 0.3 is 0 Å². The van der Waals surface area contributed by atoms with Gasteiger partial charge in [0.2, 0.25) is 0 Å². The average Bonchev–Trinajstić information content (AvgIpc) is 2.67. The van der Waals surface area contributed by atoms with Gasteiger partial charge in [-0.05, 0) is 18.6 Å². The Morgan fingerprint density at radius 3 is 2.52 bits per heavy atom. The van der Waals surface area contributed by atoms with Crippen molar-refractivity contribution in [2.45, 2.75) is 13.5 Å². The van der Waals surface area contributed by atoms with Crippen LogP contribution in [0.2, 0.25) is 0 Å². The molecular weight excluding hydrogens is 346 g/mol. The van der Waals surface area contributed by atoms with Crippen molar-refractivity contribution in [1.82, 2.24) is 9.80 Å². The third kappa shape index (κ3) is 4.43. The molecule has 0 unspecified atom stereocenters. The Hall–Kier alpha value is -2.93. The molecule has 1 amide bonds. The second-order valence-corrected chi connectivity index (χ2v) is 6.70. The number of nitrogens with zero attached hydrogens (tertiary/aromatic N) is 3. The predicted molar refractivity (Wildman–Crippen MR) is 102 cm³/mol. The summed E-state index contributed by atoms with van der Waals surface area (Å²) >= 11 is 0. The minimum absolute atomic E-state index is 0.114. The van der Waals surface area contributed by atoms with Gasteiger partial charge in [0.25, 0.3) is 11.6 Å². The Morgan fingerprint density at radius 1 is 1.15 bits per heavy atom. The van der Waals surface area contributed by atoms with Crippen molar-refractivity contribution in [1.29, 1.82) is 0 Å². The van der Waals surface area contributed by atoms with Crippen LogP contribution >= 0.6 is 0 Å². The molecule has 1 heterocycles. The summed E-state index contributed by atoms with van der Waals surface area (Å²) in [5, 5.41) is 11.0. The van der Waals surface area contributed by atoms with E-state index >= 15 is 0 Å². The number of hydrogen-bond acceptors (Lipinski definition) is 5. The molecule has 0 bridgehead atoms. The quantitative estimate of drug-likeness (QED) is 0.598. The highest BCUT2D eigenvalue weighted by molar-refractivity contribution is 5.97. The Labute approximate surface area is 158 Å². The summed E-state index contributed by atoms with van der Waals surface area (Å²) in [6, 6.07) is 12.5. The van der Waals surface area contributed by atoms with E-state index in [1.165, 1.54) is 36.4 Å². The van der Waals surface area contributed by atoms with Gasteiger partial charge in [-0.15, -0.1) is 0 Å². The van der Waals surface area contributed by atoms with Crippen molar-refractivity contribution in [3.63, 3.8) is 0 Å². The van der Waals surface area contributed by atoms with Crippen LogP contribution in [-0.2, 0) is 6.54 Å². The highest BCUT2D eigenvalue weighted by Crippen LogP contribution is 2.26. The number of carbonyl (C=O) groups is 1. The van der Waals surface area contributed by atoms with Crippen LogP contribution in [0, 0.1) is 17.0 Å². The number of rotatable bonds is 5. The summed E-state index contributed by atoms with van der Waals surface area (Å²) < 4.78 is 5.22. The van der Waals surface area contributed by atoms with E-state index < -0.39 is 4.92 Å². The van der Waals surface area contributed by atoms with Gasteiger partial charge in [0.1, 0.15) is 5.75 Å². The lowest BCUT2D eigenvalue weighted by molar-refractivity contribution is -0.384. The molecular formula is C20H23N3O4. The summed E-state index contributed by atoms with van der Waals surface area (Å²) in [5.74, 6) is 0.124. The van der Waals surface area contributed by atoms with Crippen LogP contribution in [0.3, 0.4) is 0 Å². The van der Waals surface area contributed by atoms with Gasteiger partial charge in [-0.2, -0.15) is 0 Å². The molecule has 0 aliphatic carbocycles. The van der Waals surface area contributed by atoms with Crippen molar-refractivity contribution in [2.75, 3.05) is 33.3 Å². The molecule has 2 aromatic rings. The van der Waals surface area contributed by atoms with E-state index in [1.54, 1.807) is 4.90 Å². The number of nitro groups is 1. The lowest BCUT2D eigenvalue weighted by Gasteiger charge is -2.35. The minimum Gasteiger partial charge on any atom is -0.496 e. The number of non-ortho nitro benzene ring substituents is 1. The SMILES string of the molecule is COc1ccc([N+](=O)[O-])cc1C(=O)N1CCN(Cc2cccc(C)c2)CC1. The van der Waals surface area contributed by atoms with E-state index in [-0.39, 0.29) is 17.2 Å². The highest BCUT2D eigenvalue weighted by Gasteiger charge is 2.26. The second kappa shape index (κ2) is 8.18. The molecule has 7 nitrogen and oxygen atoms in total. The lowest BCUT2D eigenvalue weighted by atomic mass is 10.1. The first-order valence-electron chi connectivity index (χ1n) is 8.87. The second-order valence-electron chi connectivity index (χ2n) is 6.70. The third-order valence-corrected chi connectivity index (χ3v) is 4.77. The molecule has 1 aliphatic heterocycles. The van der Waals surface area contributed by atoms with E-state index in [9.17, 15) is 14.9 Å². The maximum absolute atomic E-state index is 12.9. The maximum Gasteiger partial charge on any atom is 0.270 e. The molecule has 27 heavy (non-hydrogen) atoms. The van der Waals surface area contributed by atoms with E-state index in [4.69, 9.17) is 4.74 Å². The molecule has 0 atom stereocenters. The van der Waals surface area contributed by atoms with Gasteiger partial charge in [-0.1, -0.05) is 29.8 Å². The molecule has 2 aromatic carbocycles. The van der Waals surface area contributed by atoms with Gasteiger partial charge in [0.15, 0.2) is 0 Å². The number of amides is 1. The molecule has 0 N–H and O–H groups in total. The summed E-state index contributed by atoms with van der Waals surface area (Å²) in [6.45, 7) is 5.61. The minimum atomic E-state index is -0.504. The van der Waals surface area contributed by atoms with Crippen LogP contribution in [0.15, 0.2) is 42.5 Å².